The van der Waals surface area contributed by atoms with Crippen LogP contribution in [-0.4, -0.2) is 35.6 Å². The molecule has 2 amide bonds. The molecule has 0 bridgehead atoms. The minimum absolute atomic E-state index is 0.0118. The Balaban J connectivity index is 1.62. The van der Waals surface area contributed by atoms with Gasteiger partial charge in [0.15, 0.2) is 11.5 Å². The van der Waals surface area contributed by atoms with Gasteiger partial charge in [-0.3, -0.25) is 19.7 Å². The van der Waals surface area contributed by atoms with Gasteiger partial charge in [0.2, 0.25) is 0 Å². The molecule has 0 saturated heterocycles. The van der Waals surface area contributed by atoms with E-state index in [1.54, 1.807) is 54.6 Å². The van der Waals surface area contributed by atoms with Crippen LogP contribution in [-0.2, 0) is 11.4 Å². The summed E-state index contributed by atoms with van der Waals surface area (Å²) < 4.78 is 11.5. The fraction of sp³-hybridized carbons (Fsp3) is 0.250. The summed E-state index contributed by atoms with van der Waals surface area (Å²) in [7, 11) is 0. The zero-order valence-corrected chi connectivity index (χ0v) is 21.4. The first-order valence-corrected chi connectivity index (χ1v) is 12.1. The van der Waals surface area contributed by atoms with Crippen LogP contribution < -0.4 is 20.2 Å². The van der Waals surface area contributed by atoms with E-state index in [-0.39, 0.29) is 24.1 Å². The Labute approximate surface area is 220 Å². The van der Waals surface area contributed by atoms with Gasteiger partial charge < -0.3 is 14.8 Å². The maximum atomic E-state index is 12.7. The van der Waals surface area contributed by atoms with Crippen molar-refractivity contribution in [2.45, 2.75) is 33.4 Å². The summed E-state index contributed by atoms with van der Waals surface area (Å²) in [6, 6.07) is 19.2. The van der Waals surface area contributed by atoms with Gasteiger partial charge in [-0.25, -0.2) is 5.43 Å². The summed E-state index contributed by atoms with van der Waals surface area (Å²) in [6.45, 7) is 6.12. The number of rotatable bonds is 12. The third kappa shape index (κ3) is 7.89. The first-order valence-electron chi connectivity index (χ1n) is 12.1. The lowest BCUT2D eigenvalue weighted by atomic mass is 10.0. The van der Waals surface area contributed by atoms with Crippen LogP contribution in [0, 0.1) is 16.0 Å². The van der Waals surface area contributed by atoms with Crippen LogP contribution >= 0.6 is 0 Å². The number of hydrazone groups is 1. The normalized spacial score (nSPS) is 11.7. The van der Waals surface area contributed by atoms with Crippen molar-refractivity contribution in [3.8, 4) is 11.5 Å². The second-order valence-corrected chi connectivity index (χ2v) is 8.65. The molecule has 1 unspecified atom stereocenters. The van der Waals surface area contributed by atoms with Crippen LogP contribution in [0.1, 0.15) is 42.3 Å². The van der Waals surface area contributed by atoms with E-state index in [0.717, 1.165) is 5.56 Å². The Bertz CT molecular complexity index is 1280. The summed E-state index contributed by atoms with van der Waals surface area (Å²) in [5, 5.41) is 17.6. The van der Waals surface area contributed by atoms with Crippen LogP contribution in [0.2, 0.25) is 0 Å². The van der Waals surface area contributed by atoms with Crippen molar-refractivity contribution in [2.75, 3.05) is 6.61 Å². The van der Waals surface area contributed by atoms with Crippen molar-refractivity contribution >= 4 is 23.7 Å². The van der Waals surface area contributed by atoms with E-state index >= 15 is 0 Å². The number of nitrogens with zero attached hydrogens (tertiary/aromatic N) is 2. The molecule has 0 spiro atoms. The van der Waals surface area contributed by atoms with Crippen molar-refractivity contribution in [1.29, 1.82) is 0 Å². The van der Waals surface area contributed by atoms with Crippen molar-refractivity contribution in [1.82, 2.24) is 10.7 Å². The van der Waals surface area contributed by atoms with Crippen molar-refractivity contribution in [3.05, 3.63) is 99.6 Å². The average Bonchev–Trinajstić information content (AvgIpc) is 2.91. The van der Waals surface area contributed by atoms with Gasteiger partial charge in [0.05, 0.1) is 17.7 Å². The molecule has 0 aliphatic heterocycles. The fourth-order valence-electron chi connectivity index (χ4n) is 3.46. The van der Waals surface area contributed by atoms with E-state index in [0.29, 0.717) is 29.2 Å². The van der Waals surface area contributed by atoms with E-state index in [9.17, 15) is 19.7 Å². The summed E-state index contributed by atoms with van der Waals surface area (Å²) >= 11 is 0. The lowest BCUT2D eigenvalue weighted by Crippen LogP contribution is -2.48. The molecule has 3 aromatic carbocycles. The molecule has 1 atom stereocenters. The minimum Gasteiger partial charge on any atom is -0.490 e. The van der Waals surface area contributed by atoms with Gasteiger partial charge in [-0.05, 0) is 66.4 Å². The monoisotopic (exact) mass is 518 g/mol. The Morgan fingerprint density at radius 2 is 1.71 bits per heavy atom. The number of amides is 2. The maximum Gasteiger partial charge on any atom is 0.269 e. The topological polar surface area (TPSA) is 132 Å². The van der Waals surface area contributed by atoms with Crippen LogP contribution in [0.15, 0.2) is 77.9 Å². The van der Waals surface area contributed by atoms with Crippen LogP contribution in [0.25, 0.3) is 0 Å². The average molecular weight is 519 g/mol. The van der Waals surface area contributed by atoms with Gasteiger partial charge in [-0.15, -0.1) is 0 Å². The summed E-state index contributed by atoms with van der Waals surface area (Å²) in [5.41, 5.74) is 4.40. The zero-order valence-electron chi connectivity index (χ0n) is 21.4. The quantitative estimate of drug-likeness (QED) is 0.206. The smallest absolute Gasteiger partial charge is 0.269 e. The van der Waals surface area contributed by atoms with Crippen LogP contribution in [0.5, 0.6) is 11.5 Å². The molecule has 0 aliphatic rings. The molecule has 0 aromatic heterocycles. The van der Waals surface area contributed by atoms with Crippen molar-refractivity contribution in [3.63, 3.8) is 0 Å². The lowest BCUT2D eigenvalue weighted by molar-refractivity contribution is -0.384. The predicted molar refractivity (Wildman–Crippen MR) is 143 cm³/mol. The molecule has 2 N–H and O–H groups in total. The number of nitro benzene ring substituents is 1. The highest BCUT2D eigenvalue weighted by Gasteiger charge is 2.24. The van der Waals surface area contributed by atoms with Crippen LogP contribution in [0.3, 0.4) is 0 Å². The lowest BCUT2D eigenvalue weighted by Gasteiger charge is -2.20. The maximum absolute atomic E-state index is 12.7. The van der Waals surface area contributed by atoms with Crippen LogP contribution in [0.4, 0.5) is 5.69 Å². The molecular formula is C28H30N4O6. The van der Waals surface area contributed by atoms with Gasteiger partial charge in [0.25, 0.3) is 17.5 Å². The van der Waals surface area contributed by atoms with E-state index < -0.39 is 16.9 Å². The number of nitro groups is 1. The Morgan fingerprint density at radius 3 is 2.34 bits per heavy atom. The number of hydrogen-bond donors (Lipinski definition) is 2. The SMILES string of the molecule is CCOc1cc(/C=N/NC(=O)C(NC(=O)c2ccccc2)C(C)C)ccc1OCc1ccc([N+](=O)[O-])cc1. The van der Waals surface area contributed by atoms with Gasteiger partial charge in [0.1, 0.15) is 12.6 Å². The zero-order chi connectivity index (χ0) is 27.5. The number of carbonyl (C=O) groups is 2. The summed E-state index contributed by atoms with van der Waals surface area (Å²) in [5.74, 6) is 0.0482. The van der Waals surface area contributed by atoms with E-state index in [1.165, 1.54) is 18.3 Å². The highest BCUT2D eigenvalue weighted by molar-refractivity contribution is 5.97. The molecule has 0 radical (unpaired) electrons. The number of nitrogens with one attached hydrogen (secondary N) is 2. The molecule has 0 aliphatic carbocycles. The molecular weight excluding hydrogens is 488 g/mol. The number of carbonyl (C=O) groups excluding carboxylic acids is 2. The van der Waals surface area contributed by atoms with Gasteiger partial charge in [0, 0.05) is 17.7 Å². The van der Waals surface area contributed by atoms with E-state index in [2.05, 4.69) is 15.8 Å². The van der Waals surface area contributed by atoms with E-state index in [4.69, 9.17) is 9.47 Å². The third-order valence-electron chi connectivity index (χ3n) is 5.47. The fourth-order valence-corrected chi connectivity index (χ4v) is 3.46. The minimum atomic E-state index is -0.769. The predicted octanol–water partition coefficient (Wildman–Crippen LogP) is 4.48. The van der Waals surface area contributed by atoms with Gasteiger partial charge in [-0.1, -0.05) is 32.0 Å². The molecule has 198 valence electrons. The second-order valence-electron chi connectivity index (χ2n) is 8.65. The van der Waals surface area contributed by atoms with Crippen molar-refractivity contribution < 1.29 is 24.0 Å². The number of ether oxygens (including phenoxy) is 2. The van der Waals surface area contributed by atoms with Crippen molar-refractivity contribution in [2.24, 2.45) is 11.0 Å². The van der Waals surface area contributed by atoms with Gasteiger partial charge in [-0.2, -0.15) is 5.10 Å². The van der Waals surface area contributed by atoms with Gasteiger partial charge >= 0.3 is 0 Å². The summed E-state index contributed by atoms with van der Waals surface area (Å²) in [6.07, 6.45) is 1.47. The molecule has 0 fully saturated rings. The number of hydrogen-bond acceptors (Lipinski definition) is 7. The second kappa shape index (κ2) is 13.5. The largest absolute Gasteiger partial charge is 0.490 e. The Hall–Kier alpha value is -4.73. The van der Waals surface area contributed by atoms with E-state index in [1.807, 2.05) is 26.8 Å². The third-order valence-corrected chi connectivity index (χ3v) is 5.47. The molecule has 0 heterocycles. The Kier molecular flexibility index (Phi) is 9.93. The highest BCUT2D eigenvalue weighted by atomic mass is 16.6. The Morgan fingerprint density at radius 1 is 1.00 bits per heavy atom. The highest BCUT2D eigenvalue weighted by Crippen LogP contribution is 2.29. The number of non-ortho nitro benzene ring substituents is 1. The first kappa shape index (κ1) is 27.9. The molecule has 0 saturated carbocycles. The molecule has 10 nitrogen and oxygen atoms in total. The molecule has 3 aromatic rings. The number of benzene rings is 3. The molecule has 38 heavy (non-hydrogen) atoms. The molecule has 3 rings (SSSR count). The summed E-state index contributed by atoms with van der Waals surface area (Å²) in [4.78, 5) is 35.6. The first-order chi connectivity index (χ1) is 18.3. The molecule has 10 heteroatoms. The standard InChI is InChI=1S/C28H30N4O6/c1-4-37-25-16-21(12-15-24(25)38-18-20-10-13-23(14-11-20)32(35)36)17-29-31-28(34)26(19(2)3)30-27(33)22-8-6-5-7-9-22/h5-17,19,26H,4,18H2,1-3H3,(H,30,33)(H,31,34)/b29-17+.